The summed E-state index contributed by atoms with van der Waals surface area (Å²) in [6, 6.07) is 13.9. The molecule has 182 valence electrons. The highest BCUT2D eigenvalue weighted by molar-refractivity contribution is 5.89. The van der Waals surface area contributed by atoms with Crippen molar-refractivity contribution < 1.29 is 18.1 Å². The third kappa shape index (κ3) is 5.09. The SMILES string of the molecule is O=C(NCCCN1CCN(c2ccccc2F)CC1)c1nc(Cn2c(=O)oc3ccccc32)no1. The van der Waals surface area contributed by atoms with Gasteiger partial charge in [-0.15, -0.1) is 0 Å². The first-order valence-electron chi connectivity index (χ1n) is 11.5. The molecule has 1 aliphatic heterocycles. The molecule has 2 aromatic carbocycles. The normalized spacial score (nSPS) is 14.5. The molecule has 1 fully saturated rings. The molecule has 0 unspecified atom stereocenters. The number of carbonyl (C=O) groups is 1. The van der Waals surface area contributed by atoms with Crippen molar-refractivity contribution in [2.45, 2.75) is 13.0 Å². The van der Waals surface area contributed by atoms with Crippen LogP contribution in [0.2, 0.25) is 0 Å². The van der Waals surface area contributed by atoms with Crippen molar-refractivity contribution in [1.29, 1.82) is 0 Å². The lowest BCUT2D eigenvalue weighted by Gasteiger charge is -2.36. The van der Waals surface area contributed by atoms with Gasteiger partial charge in [-0.05, 0) is 37.2 Å². The third-order valence-electron chi connectivity index (χ3n) is 6.04. The van der Waals surface area contributed by atoms with Crippen LogP contribution < -0.4 is 16.0 Å². The fourth-order valence-corrected chi connectivity index (χ4v) is 4.22. The molecule has 0 aliphatic carbocycles. The number of halogens is 1. The van der Waals surface area contributed by atoms with Crippen LogP contribution in [0, 0.1) is 5.82 Å². The number of benzene rings is 2. The number of rotatable bonds is 8. The molecule has 3 heterocycles. The Hall–Kier alpha value is -3.99. The molecular formula is C24H25FN6O4. The van der Waals surface area contributed by atoms with E-state index in [1.54, 1.807) is 36.4 Å². The zero-order valence-electron chi connectivity index (χ0n) is 19.0. The number of anilines is 1. The van der Waals surface area contributed by atoms with Crippen molar-refractivity contribution in [3.8, 4) is 0 Å². The molecule has 1 saturated heterocycles. The number of fused-ring (bicyclic) bond motifs is 1. The van der Waals surface area contributed by atoms with E-state index in [1.807, 2.05) is 6.07 Å². The van der Waals surface area contributed by atoms with Crippen LogP contribution >= 0.6 is 0 Å². The summed E-state index contributed by atoms with van der Waals surface area (Å²) >= 11 is 0. The number of nitrogens with zero attached hydrogens (tertiary/aromatic N) is 5. The Morgan fingerprint density at radius 1 is 1.06 bits per heavy atom. The van der Waals surface area contributed by atoms with E-state index >= 15 is 0 Å². The molecular weight excluding hydrogens is 455 g/mol. The van der Waals surface area contributed by atoms with Crippen LogP contribution in [0.25, 0.3) is 11.1 Å². The standard InChI is InChI=1S/C24H25FN6O4/c25-17-6-1-2-7-18(17)30-14-12-29(13-15-30)11-5-10-26-22(32)23-27-21(28-35-23)16-31-19-8-3-4-9-20(19)34-24(31)33/h1-4,6-9H,5,10-16H2,(H,26,32). The minimum atomic E-state index is -0.531. The van der Waals surface area contributed by atoms with Gasteiger partial charge in [0.2, 0.25) is 0 Å². The number of hydrogen-bond donors (Lipinski definition) is 1. The predicted octanol–water partition coefficient (Wildman–Crippen LogP) is 2.11. The fourth-order valence-electron chi connectivity index (χ4n) is 4.22. The van der Waals surface area contributed by atoms with Crippen molar-refractivity contribution >= 4 is 22.7 Å². The van der Waals surface area contributed by atoms with E-state index in [0.29, 0.717) is 23.3 Å². The molecule has 0 atom stereocenters. The van der Waals surface area contributed by atoms with Gasteiger partial charge in [0.25, 0.3) is 0 Å². The molecule has 0 bridgehead atoms. The Morgan fingerprint density at radius 3 is 2.66 bits per heavy atom. The molecule has 1 N–H and O–H groups in total. The lowest BCUT2D eigenvalue weighted by atomic mass is 10.2. The molecule has 0 radical (unpaired) electrons. The summed E-state index contributed by atoms with van der Waals surface area (Å²) < 4.78 is 25.6. The van der Waals surface area contributed by atoms with Gasteiger partial charge in [0.05, 0.1) is 17.7 Å². The number of amides is 1. The van der Waals surface area contributed by atoms with E-state index in [0.717, 1.165) is 39.1 Å². The lowest BCUT2D eigenvalue weighted by Crippen LogP contribution is -2.47. The van der Waals surface area contributed by atoms with E-state index in [-0.39, 0.29) is 24.1 Å². The van der Waals surface area contributed by atoms with Crippen LogP contribution in [0.3, 0.4) is 0 Å². The minimum absolute atomic E-state index is 0.0332. The number of carbonyl (C=O) groups excluding carboxylic acids is 1. The number of oxazole rings is 1. The van der Waals surface area contributed by atoms with Gasteiger partial charge in [-0.3, -0.25) is 14.3 Å². The average Bonchev–Trinajstić information content (AvgIpc) is 3.47. The summed E-state index contributed by atoms with van der Waals surface area (Å²) in [4.78, 5) is 32.9. The molecule has 35 heavy (non-hydrogen) atoms. The molecule has 5 rings (SSSR count). The van der Waals surface area contributed by atoms with Gasteiger partial charge in [0.1, 0.15) is 5.82 Å². The van der Waals surface area contributed by atoms with Crippen molar-refractivity contribution in [2.75, 3.05) is 44.2 Å². The van der Waals surface area contributed by atoms with Gasteiger partial charge >= 0.3 is 17.6 Å². The topological polar surface area (TPSA) is 110 Å². The molecule has 2 aromatic heterocycles. The summed E-state index contributed by atoms with van der Waals surface area (Å²) in [6.07, 6.45) is 0.753. The first-order valence-corrected chi connectivity index (χ1v) is 11.5. The Labute approximate surface area is 199 Å². The number of nitrogens with one attached hydrogen (secondary N) is 1. The van der Waals surface area contributed by atoms with Crippen molar-refractivity contribution in [3.63, 3.8) is 0 Å². The maximum atomic E-state index is 14.0. The highest BCUT2D eigenvalue weighted by Crippen LogP contribution is 2.20. The summed E-state index contributed by atoms with van der Waals surface area (Å²) in [7, 11) is 0. The molecule has 0 spiro atoms. The molecule has 1 amide bonds. The zero-order valence-corrected chi connectivity index (χ0v) is 19.0. The quantitative estimate of drug-likeness (QED) is 0.382. The lowest BCUT2D eigenvalue weighted by molar-refractivity contribution is 0.0907. The van der Waals surface area contributed by atoms with Gasteiger partial charge in [0, 0.05) is 32.7 Å². The number of hydrogen-bond acceptors (Lipinski definition) is 8. The smallest absolute Gasteiger partial charge is 0.408 e. The van der Waals surface area contributed by atoms with Gasteiger partial charge in [0.15, 0.2) is 11.4 Å². The van der Waals surface area contributed by atoms with E-state index < -0.39 is 11.7 Å². The van der Waals surface area contributed by atoms with Crippen molar-refractivity contribution in [3.05, 3.63) is 76.6 Å². The van der Waals surface area contributed by atoms with Crippen LogP contribution in [-0.4, -0.2) is 64.8 Å². The minimum Gasteiger partial charge on any atom is -0.408 e. The Balaban J connectivity index is 1.06. The van der Waals surface area contributed by atoms with Crippen LogP contribution in [0.1, 0.15) is 22.9 Å². The van der Waals surface area contributed by atoms with Crippen LogP contribution in [-0.2, 0) is 6.54 Å². The summed E-state index contributed by atoms with van der Waals surface area (Å²) in [6.45, 7) is 4.48. The van der Waals surface area contributed by atoms with E-state index in [1.165, 1.54) is 10.6 Å². The summed E-state index contributed by atoms with van der Waals surface area (Å²) in [5.74, 6) is -1.14. The largest absolute Gasteiger partial charge is 0.420 e. The van der Waals surface area contributed by atoms with Gasteiger partial charge in [-0.25, -0.2) is 9.18 Å². The Morgan fingerprint density at radius 2 is 1.83 bits per heavy atom. The number of piperazine rings is 1. The predicted molar refractivity (Wildman–Crippen MR) is 126 cm³/mol. The highest BCUT2D eigenvalue weighted by atomic mass is 19.1. The van der Waals surface area contributed by atoms with Crippen LogP contribution in [0.4, 0.5) is 10.1 Å². The molecule has 4 aromatic rings. The van der Waals surface area contributed by atoms with Gasteiger partial charge in [-0.1, -0.05) is 29.4 Å². The van der Waals surface area contributed by atoms with Crippen LogP contribution in [0.15, 0.2) is 62.3 Å². The second-order valence-electron chi connectivity index (χ2n) is 8.33. The van der Waals surface area contributed by atoms with E-state index in [9.17, 15) is 14.0 Å². The number of para-hydroxylation sites is 3. The zero-order chi connectivity index (χ0) is 24.2. The first-order chi connectivity index (χ1) is 17.1. The second kappa shape index (κ2) is 10.1. The first kappa shape index (κ1) is 22.8. The third-order valence-corrected chi connectivity index (χ3v) is 6.04. The number of aromatic nitrogens is 3. The van der Waals surface area contributed by atoms with E-state index in [2.05, 4.69) is 25.3 Å². The molecule has 0 saturated carbocycles. The maximum absolute atomic E-state index is 14.0. The Kier molecular flexibility index (Phi) is 6.57. The molecule has 11 heteroatoms. The monoisotopic (exact) mass is 480 g/mol. The molecule has 10 nitrogen and oxygen atoms in total. The maximum Gasteiger partial charge on any atom is 0.420 e. The Bertz CT molecular complexity index is 1370. The van der Waals surface area contributed by atoms with Gasteiger partial charge < -0.3 is 19.2 Å². The highest BCUT2D eigenvalue weighted by Gasteiger charge is 2.20. The average molecular weight is 481 g/mol. The summed E-state index contributed by atoms with van der Waals surface area (Å²) in [5, 5.41) is 6.60. The van der Waals surface area contributed by atoms with Crippen molar-refractivity contribution in [1.82, 2.24) is 24.9 Å². The molecule has 1 aliphatic rings. The fraction of sp³-hybridized carbons (Fsp3) is 0.333. The van der Waals surface area contributed by atoms with Gasteiger partial charge in [-0.2, -0.15) is 4.98 Å². The van der Waals surface area contributed by atoms with E-state index in [4.69, 9.17) is 8.94 Å². The summed E-state index contributed by atoms with van der Waals surface area (Å²) in [5.41, 5.74) is 1.72. The van der Waals surface area contributed by atoms with Crippen LogP contribution in [0.5, 0.6) is 0 Å². The van der Waals surface area contributed by atoms with Crippen molar-refractivity contribution in [2.24, 2.45) is 0 Å². The second-order valence-corrected chi connectivity index (χ2v) is 8.33.